The SMILES string of the molecule is CC(C)CC/C=C/[Se]c1ccccc1. The molecule has 76 valence electrons. The van der Waals surface area contributed by atoms with Crippen LogP contribution in [-0.4, -0.2) is 15.0 Å². The summed E-state index contributed by atoms with van der Waals surface area (Å²) in [6.45, 7) is 4.55. The molecule has 0 aliphatic carbocycles. The van der Waals surface area contributed by atoms with Crippen molar-refractivity contribution in [3.8, 4) is 0 Å². The van der Waals surface area contributed by atoms with E-state index in [0.29, 0.717) is 15.0 Å². The first kappa shape index (κ1) is 11.6. The quantitative estimate of drug-likeness (QED) is 0.708. The Morgan fingerprint density at radius 3 is 2.57 bits per heavy atom. The summed E-state index contributed by atoms with van der Waals surface area (Å²) in [5.41, 5.74) is 0. The van der Waals surface area contributed by atoms with Gasteiger partial charge >= 0.3 is 93.4 Å². The molecule has 0 aromatic heterocycles. The van der Waals surface area contributed by atoms with Crippen molar-refractivity contribution in [2.45, 2.75) is 26.7 Å². The Balaban J connectivity index is 2.21. The number of rotatable bonds is 5. The molecule has 0 bridgehead atoms. The fourth-order valence-electron chi connectivity index (χ4n) is 1.12. The van der Waals surface area contributed by atoms with Crippen molar-refractivity contribution in [3.63, 3.8) is 0 Å². The molecule has 0 aliphatic rings. The molecule has 0 saturated carbocycles. The van der Waals surface area contributed by atoms with E-state index in [2.05, 4.69) is 55.2 Å². The summed E-state index contributed by atoms with van der Waals surface area (Å²) in [7, 11) is 0. The van der Waals surface area contributed by atoms with E-state index in [1.165, 1.54) is 17.3 Å². The third-order valence-electron chi connectivity index (χ3n) is 1.95. The summed E-state index contributed by atoms with van der Waals surface area (Å²) in [4.78, 5) is 2.34. The summed E-state index contributed by atoms with van der Waals surface area (Å²) in [5.74, 6) is 0.823. The zero-order valence-electron chi connectivity index (χ0n) is 8.94. The first-order valence-corrected chi connectivity index (χ1v) is 7.00. The summed E-state index contributed by atoms with van der Waals surface area (Å²) in [6, 6.07) is 10.7. The van der Waals surface area contributed by atoms with Crippen LogP contribution in [0.5, 0.6) is 0 Å². The van der Waals surface area contributed by atoms with Gasteiger partial charge in [-0.05, 0) is 0 Å². The van der Waals surface area contributed by atoms with Crippen LogP contribution >= 0.6 is 0 Å². The second-order valence-corrected chi connectivity index (χ2v) is 5.83. The van der Waals surface area contributed by atoms with Crippen LogP contribution in [0.1, 0.15) is 26.7 Å². The van der Waals surface area contributed by atoms with Crippen LogP contribution in [0.15, 0.2) is 41.4 Å². The van der Waals surface area contributed by atoms with Crippen molar-refractivity contribution < 1.29 is 0 Å². The third kappa shape index (κ3) is 5.26. The molecular weight excluding hydrogens is 235 g/mol. The van der Waals surface area contributed by atoms with Crippen molar-refractivity contribution in [2.24, 2.45) is 5.92 Å². The van der Waals surface area contributed by atoms with E-state index in [-0.39, 0.29) is 0 Å². The Bertz CT molecular complexity index is 262. The van der Waals surface area contributed by atoms with Crippen LogP contribution in [0.25, 0.3) is 0 Å². The van der Waals surface area contributed by atoms with E-state index in [9.17, 15) is 0 Å². The fraction of sp³-hybridized carbons (Fsp3) is 0.385. The zero-order valence-corrected chi connectivity index (χ0v) is 10.7. The fourth-order valence-corrected chi connectivity index (χ4v) is 2.60. The molecule has 0 atom stereocenters. The molecular formula is C13H18Se. The number of allylic oxidation sites excluding steroid dienone is 1. The standard InChI is InChI=1S/C13H18Se/c1-12(2)8-6-7-11-14-13-9-4-3-5-10-13/h3-5,7,9-12H,6,8H2,1-2H3/b11-7+. The Labute approximate surface area is 93.6 Å². The van der Waals surface area contributed by atoms with Gasteiger partial charge in [0.05, 0.1) is 0 Å². The number of hydrogen-bond donors (Lipinski definition) is 0. The van der Waals surface area contributed by atoms with E-state index >= 15 is 0 Å². The Kier molecular flexibility index (Phi) is 5.66. The maximum atomic E-state index is 2.34. The van der Waals surface area contributed by atoms with Gasteiger partial charge in [0.15, 0.2) is 0 Å². The van der Waals surface area contributed by atoms with Crippen LogP contribution in [0.3, 0.4) is 0 Å². The van der Waals surface area contributed by atoms with Gasteiger partial charge in [0.25, 0.3) is 0 Å². The van der Waals surface area contributed by atoms with Crippen LogP contribution in [0.4, 0.5) is 0 Å². The summed E-state index contributed by atoms with van der Waals surface area (Å²) < 4.78 is 1.46. The van der Waals surface area contributed by atoms with Crippen molar-refractivity contribution in [1.82, 2.24) is 0 Å². The van der Waals surface area contributed by atoms with Gasteiger partial charge in [-0.1, -0.05) is 0 Å². The first-order valence-electron chi connectivity index (χ1n) is 5.16. The number of hydrogen-bond acceptors (Lipinski definition) is 0. The molecule has 1 rings (SSSR count). The summed E-state index contributed by atoms with van der Waals surface area (Å²) in [6.07, 6.45) is 4.86. The van der Waals surface area contributed by atoms with Crippen molar-refractivity contribution in [1.29, 1.82) is 0 Å². The predicted molar refractivity (Wildman–Crippen MR) is 65.0 cm³/mol. The second-order valence-electron chi connectivity index (χ2n) is 3.77. The Hall–Kier alpha value is -0.521. The van der Waals surface area contributed by atoms with Crippen LogP contribution in [0, 0.1) is 5.92 Å². The van der Waals surface area contributed by atoms with E-state index in [1.54, 1.807) is 0 Å². The molecule has 1 aromatic carbocycles. The topological polar surface area (TPSA) is 0 Å². The molecule has 1 heteroatoms. The van der Waals surface area contributed by atoms with Crippen molar-refractivity contribution in [2.75, 3.05) is 0 Å². The first-order chi connectivity index (χ1) is 6.79. The molecule has 0 N–H and O–H groups in total. The van der Waals surface area contributed by atoms with Gasteiger partial charge in [-0.15, -0.1) is 0 Å². The van der Waals surface area contributed by atoms with E-state index in [1.807, 2.05) is 0 Å². The van der Waals surface area contributed by atoms with Crippen LogP contribution in [-0.2, 0) is 0 Å². The van der Waals surface area contributed by atoms with E-state index < -0.39 is 0 Å². The molecule has 14 heavy (non-hydrogen) atoms. The molecule has 0 radical (unpaired) electrons. The average Bonchev–Trinajstić information content (AvgIpc) is 2.18. The monoisotopic (exact) mass is 254 g/mol. The minimum absolute atomic E-state index is 0.526. The zero-order chi connectivity index (χ0) is 10.2. The molecule has 0 heterocycles. The molecule has 0 unspecified atom stereocenters. The summed E-state index contributed by atoms with van der Waals surface area (Å²) >= 11 is 0.526. The molecule has 0 amide bonds. The van der Waals surface area contributed by atoms with Gasteiger partial charge in [-0.3, -0.25) is 0 Å². The molecule has 0 spiro atoms. The van der Waals surface area contributed by atoms with Gasteiger partial charge in [0.2, 0.25) is 0 Å². The molecule has 0 nitrogen and oxygen atoms in total. The molecule has 0 saturated heterocycles. The van der Waals surface area contributed by atoms with Crippen molar-refractivity contribution >= 4 is 19.4 Å². The maximum absolute atomic E-state index is 2.34. The van der Waals surface area contributed by atoms with E-state index in [0.717, 1.165) is 5.92 Å². The van der Waals surface area contributed by atoms with Gasteiger partial charge in [-0.25, -0.2) is 0 Å². The molecule has 0 aliphatic heterocycles. The van der Waals surface area contributed by atoms with Crippen LogP contribution < -0.4 is 4.46 Å². The predicted octanol–water partition coefficient (Wildman–Crippen LogP) is 2.97. The summed E-state index contributed by atoms with van der Waals surface area (Å²) in [5, 5.41) is 0. The van der Waals surface area contributed by atoms with Crippen LogP contribution in [0.2, 0.25) is 0 Å². The van der Waals surface area contributed by atoms with Crippen molar-refractivity contribution in [3.05, 3.63) is 41.4 Å². The van der Waals surface area contributed by atoms with Gasteiger partial charge in [0, 0.05) is 0 Å². The van der Waals surface area contributed by atoms with Gasteiger partial charge < -0.3 is 0 Å². The van der Waals surface area contributed by atoms with Gasteiger partial charge in [-0.2, -0.15) is 0 Å². The second kappa shape index (κ2) is 6.86. The Morgan fingerprint density at radius 2 is 1.93 bits per heavy atom. The molecule has 1 aromatic rings. The third-order valence-corrected chi connectivity index (χ3v) is 3.79. The number of benzene rings is 1. The minimum atomic E-state index is 0.526. The van der Waals surface area contributed by atoms with E-state index in [4.69, 9.17) is 0 Å². The average molecular weight is 253 g/mol. The normalized spacial score (nSPS) is 11.4. The van der Waals surface area contributed by atoms with Gasteiger partial charge in [0.1, 0.15) is 0 Å². The molecule has 0 fully saturated rings. The Morgan fingerprint density at radius 1 is 1.21 bits per heavy atom.